The van der Waals surface area contributed by atoms with Gasteiger partial charge < -0.3 is 30.3 Å². The van der Waals surface area contributed by atoms with Crippen LogP contribution in [0.2, 0.25) is 0 Å². The Balaban J connectivity index is 1.32. The van der Waals surface area contributed by atoms with E-state index in [1.54, 1.807) is 0 Å². The van der Waals surface area contributed by atoms with Crippen LogP contribution in [0.3, 0.4) is 0 Å². The van der Waals surface area contributed by atoms with Crippen molar-refractivity contribution in [1.82, 2.24) is 20.4 Å². The molecule has 7 heteroatoms. The molecule has 3 rings (SSSR count). The van der Waals surface area contributed by atoms with Crippen LogP contribution in [0.1, 0.15) is 45.4 Å². The first-order valence-corrected chi connectivity index (χ1v) is 11.5. The van der Waals surface area contributed by atoms with Crippen LogP contribution in [0.4, 0.5) is 0 Å². The van der Waals surface area contributed by atoms with Gasteiger partial charge in [0.15, 0.2) is 5.96 Å². The number of nitrogens with zero attached hydrogens (tertiary/aromatic N) is 3. The molecule has 7 nitrogen and oxygen atoms in total. The fraction of sp³-hybridized carbons (Fsp3) is 0.952. The minimum Gasteiger partial charge on any atom is -0.393 e. The third-order valence-corrected chi connectivity index (χ3v) is 6.27. The topological polar surface area (TPSA) is 72.4 Å². The van der Waals surface area contributed by atoms with E-state index in [2.05, 4.69) is 27.4 Å². The predicted octanol–water partition coefficient (Wildman–Crippen LogP) is 0.889. The fourth-order valence-electron chi connectivity index (χ4n) is 4.49. The molecule has 3 saturated heterocycles. The molecule has 0 aliphatic carbocycles. The summed E-state index contributed by atoms with van der Waals surface area (Å²) in [7, 11) is 0. The first kappa shape index (κ1) is 21.8. The monoisotopic (exact) mass is 395 g/mol. The first-order valence-electron chi connectivity index (χ1n) is 11.5. The SMILES string of the molecule is CCNC(=NCCCN1CCC(O)CC1)NC1CCN(CC2CCOC2)CC1. The van der Waals surface area contributed by atoms with Crippen molar-refractivity contribution in [2.24, 2.45) is 10.9 Å². The van der Waals surface area contributed by atoms with Gasteiger partial charge in [-0.05, 0) is 57.9 Å². The molecular formula is C21H41N5O2. The molecule has 0 spiro atoms. The summed E-state index contributed by atoms with van der Waals surface area (Å²) in [6, 6.07) is 0.525. The van der Waals surface area contributed by atoms with Crippen molar-refractivity contribution in [3.8, 4) is 0 Å². The smallest absolute Gasteiger partial charge is 0.191 e. The van der Waals surface area contributed by atoms with E-state index in [-0.39, 0.29) is 6.10 Å². The van der Waals surface area contributed by atoms with E-state index in [9.17, 15) is 5.11 Å². The van der Waals surface area contributed by atoms with E-state index in [4.69, 9.17) is 9.73 Å². The van der Waals surface area contributed by atoms with Gasteiger partial charge in [-0.25, -0.2) is 0 Å². The number of piperidine rings is 2. The van der Waals surface area contributed by atoms with E-state index < -0.39 is 0 Å². The van der Waals surface area contributed by atoms with Gasteiger partial charge in [-0.3, -0.25) is 4.99 Å². The minimum atomic E-state index is -0.0863. The lowest BCUT2D eigenvalue weighted by molar-refractivity contribution is 0.0824. The Kier molecular flexibility index (Phi) is 9.31. The van der Waals surface area contributed by atoms with Crippen molar-refractivity contribution in [3.05, 3.63) is 0 Å². The van der Waals surface area contributed by atoms with Gasteiger partial charge in [-0.2, -0.15) is 0 Å². The van der Waals surface area contributed by atoms with E-state index in [0.29, 0.717) is 6.04 Å². The molecule has 162 valence electrons. The lowest BCUT2D eigenvalue weighted by Gasteiger charge is -2.34. The molecule has 3 aliphatic rings. The molecule has 1 atom stereocenters. The van der Waals surface area contributed by atoms with E-state index in [0.717, 1.165) is 77.1 Å². The van der Waals surface area contributed by atoms with Gasteiger partial charge in [-0.15, -0.1) is 0 Å². The molecule has 0 bridgehead atoms. The molecule has 0 aromatic heterocycles. The van der Waals surface area contributed by atoms with E-state index in [1.807, 2.05) is 0 Å². The van der Waals surface area contributed by atoms with Gasteiger partial charge in [0.1, 0.15) is 0 Å². The number of hydrogen-bond acceptors (Lipinski definition) is 5. The Bertz CT molecular complexity index is 454. The summed E-state index contributed by atoms with van der Waals surface area (Å²) in [5.74, 6) is 1.71. The third kappa shape index (κ3) is 7.50. The van der Waals surface area contributed by atoms with Crippen LogP contribution in [0.25, 0.3) is 0 Å². The third-order valence-electron chi connectivity index (χ3n) is 6.27. The van der Waals surface area contributed by atoms with Gasteiger partial charge in [-0.1, -0.05) is 0 Å². The molecule has 0 aromatic rings. The largest absolute Gasteiger partial charge is 0.393 e. The summed E-state index contributed by atoms with van der Waals surface area (Å²) in [5.41, 5.74) is 0. The second-order valence-electron chi connectivity index (χ2n) is 8.64. The molecule has 0 amide bonds. The minimum absolute atomic E-state index is 0.0863. The zero-order valence-corrected chi connectivity index (χ0v) is 17.7. The van der Waals surface area contributed by atoms with Crippen LogP contribution in [-0.2, 0) is 4.74 Å². The van der Waals surface area contributed by atoms with Crippen molar-refractivity contribution >= 4 is 5.96 Å². The lowest BCUT2D eigenvalue weighted by Crippen LogP contribution is -2.49. The van der Waals surface area contributed by atoms with Crippen molar-refractivity contribution in [1.29, 1.82) is 0 Å². The summed E-state index contributed by atoms with van der Waals surface area (Å²) in [6.07, 6.45) is 6.43. The zero-order valence-electron chi connectivity index (χ0n) is 17.7. The molecule has 0 radical (unpaired) electrons. The molecule has 3 aliphatic heterocycles. The van der Waals surface area contributed by atoms with Crippen molar-refractivity contribution in [2.75, 3.05) is 65.6 Å². The Morgan fingerprint density at radius 2 is 1.82 bits per heavy atom. The summed E-state index contributed by atoms with van der Waals surface area (Å²) >= 11 is 0. The first-order chi connectivity index (χ1) is 13.7. The molecule has 3 fully saturated rings. The van der Waals surface area contributed by atoms with Crippen LogP contribution >= 0.6 is 0 Å². The normalized spacial score (nSPS) is 26.6. The number of aliphatic imine (C=N–C) groups is 1. The highest BCUT2D eigenvalue weighted by Crippen LogP contribution is 2.17. The fourth-order valence-corrected chi connectivity index (χ4v) is 4.49. The Morgan fingerprint density at radius 1 is 1.07 bits per heavy atom. The zero-order chi connectivity index (χ0) is 19.6. The second-order valence-corrected chi connectivity index (χ2v) is 8.64. The number of aliphatic hydroxyl groups is 1. The van der Waals surface area contributed by atoms with Crippen molar-refractivity contribution < 1.29 is 9.84 Å². The number of rotatable bonds is 8. The lowest BCUT2D eigenvalue weighted by atomic mass is 10.0. The summed E-state index contributed by atoms with van der Waals surface area (Å²) in [4.78, 5) is 9.86. The number of likely N-dealkylation sites (tertiary alicyclic amines) is 2. The van der Waals surface area contributed by atoms with Crippen LogP contribution in [0, 0.1) is 5.92 Å². The Hall–Kier alpha value is -0.890. The summed E-state index contributed by atoms with van der Waals surface area (Å²) in [5, 5.41) is 16.7. The highest BCUT2D eigenvalue weighted by molar-refractivity contribution is 5.80. The van der Waals surface area contributed by atoms with E-state index >= 15 is 0 Å². The van der Waals surface area contributed by atoms with Gasteiger partial charge in [0.2, 0.25) is 0 Å². The van der Waals surface area contributed by atoms with Gasteiger partial charge in [0, 0.05) is 58.5 Å². The van der Waals surface area contributed by atoms with Gasteiger partial charge in [0.25, 0.3) is 0 Å². The molecule has 28 heavy (non-hydrogen) atoms. The number of ether oxygens (including phenoxy) is 1. The average Bonchev–Trinajstić information content (AvgIpc) is 3.21. The highest BCUT2D eigenvalue weighted by Gasteiger charge is 2.24. The Labute approximate surface area is 170 Å². The standard InChI is InChI=1S/C21H41N5O2/c1-2-22-21(23-9-3-10-25-13-6-20(27)7-14-25)24-19-4-11-26(12-5-19)16-18-8-15-28-17-18/h18-20,27H,2-17H2,1H3,(H2,22,23,24). The molecule has 3 N–H and O–H groups in total. The van der Waals surface area contributed by atoms with Crippen LogP contribution in [0.15, 0.2) is 4.99 Å². The second kappa shape index (κ2) is 12.0. The van der Waals surface area contributed by atoms with Crippen molar-refractivity contribution in [3.63, 3.8) is 0 Å². The molecule has 0 saturated carbocycles. The quantitative estimate of drug-likeness (QED) is 0.322. The number of aliphatic hydroxyl groups excluding tert-OH is 1. The molecular weight excluding hydrogens is 354 g/mol. The van der Waals surface area contributed by atoms with Crippen LogP contribution < -0.4 is 10.6 Å². The molecule has 3 heterocycles. The maximum absolute atomic E-state index is 9.60. The highest BCUT2D eigenvalue weighted by atomic mass is 16.5. The number of nitrogens with one attached hydrogen (secondary N) is 2. The van der Waals surface area contributed by atoms with E-state index in [1.165, 1.54) is 38.9 Å². The number of guanidine groups is 1. The maximum atomic E-state index is 9.60. The number of hydrogen-bond donors (Lipinski definition) is 3. The maximum Gasteiger partial charge on any atom is 0.191 e. The average molecular weight is 396 g/mol. The molecule has 0 aromatic carbocycles. The molecule has 1 unspecified atom stereocenters. The van der Waals surface area contributed by atoms with Crippen LogP contribution in [-0.4, -0.2) is 98.6 Å². The van der Waals surface area contributed by atoms with Crippen LogP contribution in [0.5, 0.6) is 0 Å². The summed E-state index contributed by atoms with van der Waals surface area (Å²) in [6.45, 7) is 12.5. The Morgan fingerprint density at radius 3 is 2.50 bits per heavy atom. The summed E-state index contributed by atoms with van der Waals surface area (Å²) < 4.78 is 5.51. The predicted molar refractivity (Wildman–Crippen MR) is 114 cm³/mol. The van der Waals surface area contributed by atoms with Crippen molar-refractivity contribution in [2.45, 2.75) is 57.6 Å². The van der Waals surface area contributed by atoms with Gasteiger partial charge in [0.05, 0.1) is 12.7 Å². The van der Waals surface area contributed by atoms with Gasteiger partial charge >= 0.3 is 0 Å².